The molecule has 2 aromatic rings. The Balaban J connectivity index is 1.43. The van der Waals surface area contributed by atoms with Gasteiger partial charge in [-0.2, -0.15) is 0 Å². The Morgan fingerprint density at radius 3 is 2.62 bits per heavy atom. The predicted octanol–water partition coefficient (Wildman–Crippen LogP) is 3.35. The molecule has 3 rings (SSSR count). The van der Waals surface area contributed by atoms with Crippen LogP contribution in [-0.4, -0.2) is 25.1 Å². The van der Waals surface area contributed by atoms with Gasteiger partial charge in [0.1, 0.15) is 5.75 Å². The van der Waals surface area contributed by atoms with Gasteiger partial charge in [-0.05, 0) is 68.0 Å². The Bertz CT molecular complexity index is 829. The summed E-state index contributed by atoms with van der Waals surface area (Å²) in [6.45, 7) is 3.35. The molecule has 0 saturated carbocycles. The number of amides is 1. The molecule has 0 heterocycles. The van der Waals surface area contributed by atoms with Gasteiger partial charge in [0.15, 0.2) is 13.2 Å². The highest BCUT2D eigenvalue weighted by molar-refractivity contribution is 5.93. The van der Waals surface area contributed by atoms with Gasteiger partial charge in [-0.15, -0.1) is 0 Å². The Labute approximate surface area is 153 Å². The predicted molar refractivity (Wildman–Crippen MR) is 99.5 cm³/mol. The fourth-order valence-electron chi connectivity index (χ4n) is 3.13. The third-order valence-corrected chi connectivity index (χ3v) is 4.42. The molecule has 5 heteroatoms. The van der Waals surface area contributed by atoms with Gasteiger partial charge in [-0.3, -0.25) is 4.79 Å². The van der Waals surface area contributed by atoms with Crippen LogP contribution >= 0.6 is 0 Å². The third-order valence-electron chi connectivity index (χ3n) is 4.42. The molecule has 1 aliphatic rings. The van der Waals surface area contributed by atoms with Gasteiger partial charge in [0.25, 0.3) is 5.91 Å². The first kappa shape index (κ1) is 18.0. The average molecular weight is 353 g/mol. The molecule has 0 atom stereocenters. The van der Waals surface area contributed by atoms with E-state index in [1.54, 1.807) is 0 Å². The van der Waals surface area contributed by atoms with E-state index in [-0.39, 0.29) is 19.1 Å². The second kappa shape index (κ2) is 8.04. The topological polar surface area (TPSA) is 64.6 Å². The number of rotatable bonds is 6. The zero-order valence-corrected chi connectivity index (χ0v) is 15.1. The number of nitrogens with one attached hydrogen (secondary N) is 1. The average Bonchev–Trinajstić information content (AvgIpc) is 3.07. The molecular formula is C21H23NO4. The van der Waals surface area contributed by atoms with E-state index in [4.69, 9.17) is 9.47 Å². The Hall–Kier alpha value is -2.82. The molecule has 0 fully saturated rings. The van der Waals surface area contributed by atoms with Crippen LogP contribution in [0.5, 0.6) is 5.75 Å². The molecule has 0 aromatic heterocycles. The summed E-state index contributed by atoms with van der Waals surface area (Å²) in [6, 6.07) is 11.6. The number of anilines is 1. The van der Waals surface area contributed by atoms with E-state index in [0.717, 1.165) is 36.1 Å². The Kier molecular flexibility index (Phi) is 5.56. The number of ether oxygens (including phenoxy) is 2. The van der Waals surface area contributed by atoms with E-state index in [0.29, 0.717) is 5.75 Å². The van der Waals surface area contributed by atoms with Gasteiger partial charge in [-0.25, -0.2) is 4.79 Å². The number of fused-ring (bicyclic) bond motifs is 1. The highest BCUT2D eigenvalue weighted by atomic mass is 16.6. The molecule has 0 radical (unpaired) electrons. The minimum absolute atomic E-state index is 0.226. The molecule has 0 unspecified atom stereocenters. The lowest BCUT2D eigenvalue weighted by Crippen LogP contribution is -2.23. The standard InChI is InChI=1S/C21H23NO4/c1-14-6-9-19(15(2)10-14)25-13-21(24)26-12-20(23)22-18-8-7-16-4-3-5-17(16)11-18/h6-11H,3-5,12-13H2,1-2H3,(H,22,23). The minimum Gasteiger partial charge on any atom is -0.482 e. The van der Waals surface area contributed by atoms with Crippen molar-refractivity contribution in [3.05, 3.63) is 58.7 Å². The van der Waals surface area contributed by atoms with Crippen molar-refractivity contribution in [2.24, 2.45) is 0 Å². The van der Waals surface area contributed by atoms with Crippen LogP contribution in [0.3, 0.4) is 0 Å². The lowest BCUT2D eigenvalue weighted by atomic mass is 10.1. The summed E-state index contributed by atoms with van der Waals surface area (Å²) in [7, 11) is 0. The van der Waals surface area contributed by atoms with Crippen molar-refractivity contribution in [1.29, 1.82) is 0 Å². The maximum Gasteiger partial charge on any atom is 0.344 e. The van der Waals surface area contributed by atoms with Crippen molar-refractivity contribution in [3.8, 4) is 5.75 Å². The summed E-state index contributed by atoms with van der Waals surface area (Å²) >= 11 is 0. The number of carbonyl (C=O) groups is 2. The fourth-order valence-corrected chi connectivity index (χ4v) is 3.13. The molecule has 1 aliphatic carbocycles. The van der Waals surface area contributed by atoms with E-state index in [1.807, 2.05) is 50.2 Å². The largest absolute Gasteiger partial charge is 0.482 e. The summed E-state index contributed by atoms with van der Waals surface area (Å²) in [4.78, 5) is 23.7. The zero-order chi connectivity index (χ0) is 18.5. The normalized spacial score (nSPS) is 12.4. The summed E-state index contributed by atoms with van der Waals surface area (Å²) in [5, 5.41) is 2.76. The van der Waals surface area contributed by atoms with Crippen molar-refractivity contribution in [3.63, 3.8) is 0 Å². The smallest absolute Gasteiger partial charge is 0.344 e. The van der Waals surface area contributed by atoms with Gasteiger partial charge in [0.05, 0.1) is 0 Å². The van der Waals surface area contributed by atoms with Crippen LogP contribution in [0.15, 0.2) is 36.4 Å². The van der Waals surface area contributed by atoms with E-state index < -0.39 is 5.97 Å². The van der Waals surface area contributed by atoms with E-state index >= 15 is 0 Å². The molecule has 1 N–H and O–H groups in total. The molecule has 136 valence electrons. The molecule has 2 aromatic carbocycles. The second-order valence-electron chi connectivity index (χ2n) is 6.60. The molecule has 0 bridgehead atoms. The monoisotopic (exact) mass is 353 g/mol. The molecule has 0 aliphatic heterocycles. The number of hydrogen-bond acceptors (Lipinski definition) is 4. The molecule has 5 nitrogen and oxygen atoms in total. The third kappa shape index (κ3) is 4.63. The maximum absolute atomic E-state index is 12.0. The zero-order valence-electron chi connectivity index (χ0n) is 15.1. The molecule has 26 heavy (non-hydrogen) atoms. The van der Waals surface area contributed by atoms with Crippen molar-refractivity contribution >= 4 is 17.6 Å². The number of benzene rings is 2. The lowest BCUT2D eigenvalue weighted by Gasteiger charge is -2.10. The van der Waals surface area contributed by atoms with Gasteiger partial charge in [0, 0.05) is 5.69 Å². The van der Waals surface area contributed by atoms with E-state index in [9.17, 15) is 9.59 Å². The minimum atomic E-state index is -0.575. The Morgan fingerprint density at radius 2 is 1.81 bits per heavy atom. The van der Waals surface area contributed by atoms with Crippen molar-refractivity contribution in [1.82, 2.24) is 0 Å². The highest BCUT2D eigenvalue weighted by Crippen LogP contribution is 2.24. The molecule has 0 saturated heterocycles. The number of aryl methyl sites for hydroxylation is 4. The van der Waals surface area contributed by atoms with E-state index in [1.165, 1.54) is 11.1 Å². The van der Waals surface area contributed by atoms with Crippen molar-refractivity contribution in [2.45, 2.75) is 33.1 Å². The first-order chi connectivity index (χ1) is 12.5. The highest BCUT2D eigenvalue weighted by Gasteiger charge is 2.13. The van der Waals surface area contributed by atoms with Crippen LogP contribution < -0.4 is 10.1 Å². The second-order valence-corrected chi connectivity index (χ2v) is 6.60. The summed E-state index contributed by atoms with van der Waals surface area (Å²) < 4.78 is 10.4. The maximum atomic E-state index is 12.0. The molecule has 0 spiro atoms. The van der Waals surface area contributed by atoms with Gasteiger partial charge < -0.3 is 14.8 Å². The SMILES string of the molecule is Cc1ccc(OCC(=O)OCC(=O)Nc2ccc3c(c2)CCC3)c(C)c1. The first-order valence-corrected chi connectivity index (χ1v) is 8.78. The van der Waals surface area contributed by atoms with Crippen LogP contribution in [0.1, 0.15) is 28.7 Å². The summed E-state index contributed by atoms with van der Waals surface area (Å²) in [5.74, 6) is -0.299. The first-order valence-electron chi connectivity index (χ1n) is 8.78. The summed E-state index contributed by atoms with van der Waals surface area (Å²) in [6.07, 6.45) is 3.30. The summed E-state index contributed by atoms with van der Waals surface area (Å²) in [5.41, 5.74) is 5.44. The van der Waals surface area contributed by atoms with Crippen LogP contribution in [0.25, 0.3) is 0 Å². The number of carbonyl (C=O) groups excluding carboxylic acids is 2. The fraction of sp³-hybridized carbons (Fsp3) is 0.333. The number of hydrogen-bond donors (Lipinski definition) is 1. The van der Waals surface area contributed by atoms with Crippen LogP contribution in [0.2, 0.25) is 0 Å². The Morgan fingerprint density at radius 1 is 1.00 bits per heavy atom. The number of esters is 1. The van der Waals surface area contributed by atoms with E-state index in [2.05, 4.69) is 5.32 Å². The quantitative estimate of drug-likeness (QED) is 0.809. The van der Waals surface area contributed by atoms with Crippen molar-refractivity contribution < 1.29 is 19.1 Å². The molecule has 1 amide bonds. The lowest BCUT2D eigenvalue weighted by molar-refractivity contribution is -0.149. The van der Waals surface area contributed by atoms with Gasteiger partial charge in [-0.1, -0.05) is 23.8 Å². The van der Waals surface area contributed by atoms with Gasteiger partial charge >= 0.3 is 5.97 Å². The van der Waals surface area contributed by atoms with Crippen LogP contribution in [0, 0.1) is 13.8 Å². The van der Waals surface area contributed by atoms with Gasteiger partial charge in [0.2, 0.25) is 0 Å². The van der Waals surface area contributed by atoms with Crippen LogP contribution in [0.4, 0.5) is 5.69 Å². The molecular weight excluding hydrogens is 330 g/mol. The van der Waals surface area contributed by atoms with Crippen molar-refractivity contribution in [2.75, 3.05) is 18.5 Å². The van der Waals surface area contributed by atoms with Crippen LogP contribution in [-0.2, 0) is 27.2 Å².